The number of H-pyrrole nitrogens is 1. The van der Waals surface area contributed by atoms with Crippen LogP contribution >= 0.6 is 0 Å². The molecule has 1 fully saturated rings. The summed E-state index contributed by atoms with van der Waals surface area (Å²) in [5.74, 6) is -0.527. The highest BCUT2D eigenvalue weighted by atomic mass is 32.2. The Balaban J connectivity index is 1.47. The van der Waals surface area contributed by atoms with E-state index in [1.807, 2.05) is 12.1 Å². The number of morpholine rings is 1. The standard InChI is InChI=1S/C22H22FN3O4S/c23-16-2-4-17(5-3-16)31(28,29)26-8-7-21-19(14-26)18-13-15(1-6-20(18)24-21)22(27)25-9-11-30-12-10-25/h1-6,13,24H,7-12,14H2. The molecule has 2 aromatic carbocycles. The molecule has 0 saturated carbocycles. The van der Waals surface area contributed by atoms with Gasteiger partial charge in [-0.05, 0) is 48.0 Å². The number of nitrogens with one attached hydrogen (secondary N) is 1. The first kappa shape index (κ1) is 20.2. The molecule has 31 heavy (non-hydrogen) atoms. The van der Waals surface area contributed by atoms with Crippen molar-refractivity contribution in [2.45, 2.75) is 17.9 Å². The van der Waals surface area contributed by atoms with Gasteiger partial charge in [0.05, 0.1) is 18.1 Å². The Morgan fingerprint density at radius 3 is 2.52 bits per heavy atom. The Kier molecular flexibility index (Phi) is 5.04. The smallest absolute Gasteiger partial charge is 0.254 e. The number of ether oxygens (including phenoxy) is 1. The second kappa shape index (κ2) is 7.74. The van der Waals surface area contributed by atoms with Gasteiger partial charge >= 0.3 is 0 Å². The maximum Gasteiger partial charge on any atom is 0.254 e. The zero-order chi connectivity index (χ0) is 21.6. The van der Waals surface area contributed by atoms with Gasteiger partial charge in [0.1, 0.15) is 5.82 Å². The number of halogens is 1. The van der Waals surface area contributed by atoms with Gasteiger partial charge in [-0.3, -0.25) is 4.79 Å². The number of carbonyl (C=O) groups is 1. The Bertz CT molecular complexity index is 1250. The Labute approximate surface area is 179 Å². The minimum absolute atomic E-state index is 0.0493. The molecule has 162 valence electrons. The summed E-state index contributed by atoms with van der Waals surface area (Å²) in [6.45, 7) is 2.72. The SMILES string of the molecule is O=C(c1ccc2[nH]c3c(c2c1)CN(S(=O)(=O)c1ccc(F)cc1)CC3)N1CCOCC1. The summed E-state index contributed by atoms with van der Waals surface area (Å²) in [5, 5.41) is 0.855. The van der Waals surface area contributed by atoms with Crippen LogP contribution in [0.2, 0.25) is 0 Å². The second-order valence-electron chi connectivity index (χ2n) is 7.79. The first-order valence-corrected chi connectivity index (χ1v) is 11.6. The van der Waals surface area contributed by atoms with E-state index < -0.39 is 15.8 Å². The van der Waals surface area contributed by atoms with Crippen molar-refractivity contribution < 1.29 is 22.3 Å². The number of benzene rings is 2. The number of carbonyl (C=O) groups excluding carboxylic acids is 1. The lowest BCUT2D eigenvalue weighted by atomic mass is 10.0. The fourth-order valence-corrected chi connectivity index (χ4v) is 5.64. The van der Waals surface area contributed by atoms with Crippen molar-refractivity contribution in [3.8, 4) is 0 Å². The first-order valence-electron chi connectivity index (χ1n) is 10.2. The fourth-order valence-electron chi connectivity index (χ4n) is 4.23. The van der Waals surface area contributed by atoms with E-state index in [9.17, 15) is 17.6 Å². The number of amides is 1. The summed E-state index contributed by atoms with van der Waals surface area (Å²) in [4.78, 5) is 18.1. The maximum absolute atomic E-state index is 13.2. The third kappa shape index (κ3) is 3.62. The van der Waals surface area contributed by atoms with Crippen molar-refractivity contribution in [3.05, 3.63) is 65.1 Å². The van der Waals surface area contributed by atoms with E-state index in [2.05, 4.69) is 4.98 Å². The lowest BCUT2D eigenvalue weighted by Crippen LogP contribution is -2.40. The van der Waals surface area contributed by atoms with Gasteiger partial charge in [-0.15, -0.1) is 0 Å². The number of hydrogen-bond donors (Lipinski definition) is 1. The molecule has 0 bridgehead atoms. The summed E-state index contributed by atoms with van der Waals surface area (Å²) in [5.41, 5.74) is 3.32. The van der Waals surface area contributed by atoms with Gasteiger partial charge in [0, 0.05) is 54.8 Å². The highest BCUT2D eigenvalue weighted by Crippen LogP contribution is 2.31. The van der Waals surface area contributed by atoms with Gasteiger partial charge in [-0.1, -0.05) is 0 Å². The normalized spacial score (nSPS) is 17.6. The third-order valence-corrected chi connectivity index (χ3v) is 7.80. The van der Waals surface area contributed by atoms with E-state index in [0.29, 0.717) is 44.8 Å². The van der Waals surface area contributed by atoms with E-state index in [0.717, 1.165) is 34.3 Å². The predicted octanol–water partition coefficient (Wildman–Crippen LogP) is 2.53. The molecule has 3 aromatic rings. The van der Waals surface area contributed by atoms with Crippen molar-refractivity contribution in [1.29, 1.82) is 0 Å². The molecule has 1 saturated heterocycles. The van der Waals surface area contributed by atoms with Gasteiger partial charge in [0.15, 0.2) is 0 Å². The van der Waals surface area contributed by atoms with E-state index in [-0.39, 0.29) is 17.3 Å². The van der Waals surface area contributed by atoms with Crippen LogP contribution in [0.25, 0.3) is 10.9 Å². The predicted molar refractivity (Wildman–Crippen MR) is 113 cm³/mol. The molecule has 1 aromatic heterocycles. The zero-order valence-electron chi connectivity index (χ0n) is 16.8. The molecular formula is C22H22FN3O4S. The highest BCUT2D eigenvalue weighted by Gasteiger charge is 2.30. The van der Waals surface area contributed by atoms with Gasteiger partial charge in [-0.25, -0.2) is 12.8 Å². The molecule has 0 atom stereocenters. The molecule has 9 heteroatoms. The minimum Gasteiger partial charge on any atom is -0.378 e. The largest absolute Gasteiger partial charge is 0.378 e. The number of aromatic nitrogens is 1. The second-order valence-corrected chi connectivity index (χ2v) is 9.73. The van der Waals surface area contributed by atoms with Crippen molar-refractivity contribution >= 4 is 26.8 Å². The fraction of sp³-hybridized carbons (Fsp3) is 0.318. The number of aromatic amines is 1. The van der Waals surface area contributed by atoms with Crippen molar-refractivity contribution in [3.63, 3.8) is 0 Å². The summed E-state index contributed by atoms with van der Waals surface area (Å²) in [6.07, 6.45) is 0.539. The number of hydrogen-bond acceptors (Lipinski definition) is 4. The summed E-state index contributed by atoms with van der Waals surface area (Å²) < 4.78 is 46.1. The molecule has 2 aliphatic heterocycles. The van der Waals surface area contributed by atoms with E-state index in [1.54, 1.807) is 11.0 Å². The van der Waals surface area contributed by atoms with Crippen LogP contribution < -0.4 is 0 Å². The number of sulfonamides is 1. The van der Waals surface area contributed by atoms with Gasteiger partial charge in [0.25, 0.3) is 5.91 Å². The van der Waals surface area contributed by atoms with Crippen LogP contribution in [0.5, 0.6) is 0 Å². The molecule has 0 radical (unpaired) electrons. The highest BCUT2D eigenvalue weighted by molar-refractivity contribution is 7.89. The van der Waals surface area contributed by atoms with Crippen LogP contribution in [0, 0.1) is 5.82 Å². The Hall–Kier alpha value is -2.75. The lowest BCUT2D eigenvalue weighted by Gasteiger charge is -2.27. The molecule has 1 N–H and O–H groups in total. The van der Waals surface area contributed by atoms with Crippen LogP contribution in [0.4, 0.5) is 4.39 Å². The summed E-state index contributed by atoms with van der Waals surface area (Å²) >= 11 is 0. The first-order chi connectivity index (χ1) is 14.9. The van der Waals surface area contributed by atoms with Crippen LogP contribution in [0.3, 0.4) is 0 Å². The molecule has 1 amide bonds. The van der Waals surface area contributed by atoms with Crippen LogP contribution in [-0.4, -0.2) is 61.4 Å². The van der Waals surface area contributed by atoms with Crippen LogP contribution in [0.15, 0.2) is 47.4 Å². The Morgan fingerprint density at radius 2 is 1.77 bits per heavy atom. The number of rotatable bonds is 3. The van der Waals surface area contributed by atoms with E-state index >= 15 is 0 Å². The molecule has 0 unspecified atom stereocenters. The van der Waals surface area contributed by atoms with Gasteiger partial charge in [0.2, 0.25) is 10.0 Å². The third-order valence-electron chi connectivity index (χ3n) is 5.94. The molecule has 3 heterocycles. The van der Waals surface area contributed by atoms with Crippen molar-refractivity contribution in [1.82, 2.24) is 14.2 Å². The number of fused-ring (bicyclic) bond motifs is 3. The molecular weight excluding hydrogens is 421 g/mol. The molecule has 7 nitrogen and oxygen atoms in total. The van der Waals surface area contributed by atoms with Crippen molar-refractivity contribution in [2.24, 2.45) is 0 Å². The maximum atomic E-state index is 13.2. The van der Waals surface area contributed by atoms with E-state index in [4.69, 9.17) is 4.74 Å². The average molecular weight is 444 g/mol. The Morgan fingerprint density at radius 1 is 1.03 bits per heavy atom. The van der Waals surface area contributed by atoms with Gasteiger partial charge in [-0.2, -0.15) is 4.31 Å². The topological polar surface area (TPSA) is 82.7 Å². The van der Waals surface area contributed by atoms with Crippen LogP contribution in [-0.2, 0) is 27.7 Å². The molecule has 5 rings (SSSR count). The molecule has 0 spiro atoms. The summed E-state index contributed by atoms with van der Waals surface area (Å²) in [6, 6.07) is 10.4. The zero-order valence-corrected chi connectivity index (χ0v) is 17.6. The lowest BCUT2D eigenvalue weighted by molar-refractivity contribution is 0.0303. The summed E-state index contributed by atoms with van der Waals surface area (Å²) in [7, 11) is -3.75. The minimum atomic E-state index is -3.75. The molecule has 2 aliphatic rings. The van der Waals surface area contributed by atoms with Gasteiger partial charge < -0.3 is 14.6 Å². The quantitative estimate of drug-likeness (QED) is 0.675. The monoisotopic (exact) mass is 443 g/mol. The average Bonchev–Trinajstić information content (AvgIpc) is 3.16. The number of nitrogens with zero attached hydrogens (tertiary/aromatic N) is 2. The molecule has 0 aliphatic carbocycles. The van der Waals surface area contributed by atoms with E-state index in [1.165, 1.54) is 16.4 Å². The van der Waals surface area contributed by atoms with Crippen LogP contribution in [0.1, 0.15) is 21.6 Å². The van der Waals surface area contributed by atoms with Crippen molar-refractivity contribution in [2.75, 3.05) is 32.8 Å².